The first-order chi connectivity index (χ1) is 10.1. The van der Waals surface area contributed by atoms with Crippen LogP contribution in [-0.4, -0.2) is 14.8 Å². The van der Waals surface area contributed by atoms with Crippen LogP contribution in [0.4, 0.5) is 4.39 Å². The van der Waals surface area contributed by atoms with Gasteiger partial charge in [0.15, 0.2) is 0 Å². The molecule has 106 valence electrons. The average molecular weight is 350 g/mol. The summed E-state index contributed by atoms with van der Waals surface area (Å²) >= 11 is 3.20. The third kappa shape index (κ3) is 2.92. The monoisotopic (exact) mass is 349 g/mol. The third-order valence-corrected chi connectivity index (χ3v) is 3.44. The maximum absolute atomic E-state index is 13.9. The summed E-state index contributed by atoms with van der Waals surface area (Å²) in [7, 11) is 0. The number of hydrogen-bond acceptors (Lipinski definition) is 4. The first-order valence-electron chi connectivity index (χ1n) is 6.04. The first-order valence-corrected chi connectivity index (χ1v) is 6.84. The number of benzene rings is 1. The van der Waals surface area contributed by atoms with Gasteiger partial charge in [0.2, 0.25) is 12.3 Å². The molecule has 0 fully saturated rings. The SMILES string of the molecule is O=c1ccc(-c2nnco2)cn1Cc1ccc(Br)cc1F. The van der Waals surface area contributed by atoms with E-state index >= 15 is 0 Å². The van der Waals surface area contributed by atoms with Gasteiger partial charge in [0, 0.05) is 22.3 Å². The summed E-state index contributed by atoms with van der Waals surface area (Å²) in [5.74, 6) is -0.0699. The number of aromatic nitrogens is 3. The largest absolute Gasteiger partial charge is 0.423 e. The molecule has 0 amide bonds. The van der Waals surface area contributed by atoms with E-state index < -0.39 is 0 Å². The van der Waals surface area contributed by atoms with Crippen LogP contribution >= 0.6 is 15.9 Å². The molecular weight excluding hydrogens is 341 g/mol. The van der Waals surface area contributed by atoms with E-state index in [0.717, 1.165) is 0 Å². The number of nitrogens with zero attached hydrogens (tertiary/aromatic N) is 3. The Balaban J connectivity index is 1.98. The predicted octanol–water partition coefficient (Wildman–Crippen LogP) is 2.85. The van der Waals surface area contributed by atoms with Gasteiger partial charge in [-0.05, 0) is 18.2 Å². The fourth-order valence-electron chi connectivity index (χ4n) is 1.91. The van der Waals surface area contributed by atoms with Gasteiger partial charge in [-0.15, -0.1) is 10.2 Å². The molecule has 0 aliphatic rings. The van der Waals surface area contributed by atoms with Crippen molar-refractivity contribution in [3.8, 4) is 11.5 Å². The zero-order valence-electron chi connectivity index (χ0n) is 10.7. The minimum Gasteiger partial charge on any atom is -0.423 e. The maximum atomic E-state index is 13.9. The molecule has 0 radical (unpaired) electrons. The highest BCUT2D eigenvalue weighted by molar-refractivity contribution is 9.10. The second-order valence-corrected chi connectivity index (χ2v) is 5.28. The Morgan fingerprint density at radius 1 is 1.29 bits per heavy atom. The van der Waals surface area contributed by atoms with E-state index in [4.69, 9.17) is 4.42 Å². The Bertz CT molecular complexity index is 830. The summed E-state index contributed by atoms with van der Waals surface area (Å²) in [6.45, 7) is 0.125. The van der Waals surface area contributed by atoms with Crippen LogP contribution in [0.25, 0.3) is 11.5 Å². The van der Waals surface area contributed by atoms with Gasteiger partial charge in [0.05, 0.1) is 12.1 Å². The number of rotatable bonds is 3. The van der Waals surface area contributed by atoms with Crippen molar-refractivity contribution in [3.05, 3.63) is 69.1 Å². The molecule has 0 atom stereocenters. The van der Waals surface area contributed by atoms with Crippen molar-refractivity contribution in [2.24, 2.45) is 0 Å². The summed E-state index contributed by atoms with van der Waals surface area (Å²) in [5.41, 5.74) is 0.785. The summed E-state index contributed by atoms with van der Waals surface area (Å²) in [5, 5.41) is 7.37. The second kappa shape index (κ2) is 5.61. The van der Waals surface area contributed by atoms with Gasteiger partial charge in [0.25, 0.3) is 5.56 Å². The minimum atomic E-state index is -0.375. The molecular formula is C14H9BrFN3O2. The highest BCUT2D eigenvalue weighted by Gasteiger charge is 2.08. The molecule has 2 heterocycles. The van der Waals surface area contributed by atoms with Crippen molar-refractivity contribution in [1.82, 2.24) is 14.8 Å². The summed E-state index contributed by atoms with van der Waals surface area (Å²) in [6.07, 6.45) is 2.77. The lowest BCUT2D eigenvalue weighted by Crippen LogP contribution is -2.19. The van der Waals surface area contributed by atoms with E-state index in [0.29, 0.717) is 21.5 Å². The van der Waals surface area contributed by atoms with Gasteiger partial charge in [-0.3, -0.25) is 4.79 Å². The van der Waals surface area contributed by atoms with Gasteiger partial charge in [-0.2, -0.15) is 0 Å². The van der Waals surface area contributed by atoms with Crippen molar-refractivity contribution in [2.75, 3.05) is 0 Å². The summed E-state index contributed by atoms with van der Waals surface area (Å²) in [4.78, 5) is 11.9. The van der Waals surface area contributed by atoms with Crippen LogP contribution in [0, 0.1) is 5.82 Å². The molecule has 0 aliphatic heterocycles. The summed E-state index contributed by atoms with van der Waals surface area (Å²) < 4.78 is 21.0. The molecule has 0 spiro atoms. The zero-order chi connectivity index (χ0) is 14.8. The molecule has 0 unspecified atom stereocenters. The lowest BCUT2D eigenvalue weighted by Gasteiger charge is -2.08. The Kier molecular flexibility index (Phi) is 3.66. The van der Waals surface area contributed by atoms with E-state index in [9.17, 15) is 9.18 Å². The normalized spacial score (nSPS) is 10.8. The average Bonchev–Trinajstić information content (AvgIpc) is 2.98. The quantitative estimate of drug-likeness (QED) is 0.729. The summed E-state index contributed by atoms with van der Waals surface area (Å²) in [6, 6.07) is 7.69. The smallest absolute Gasteiger partial charge is 0.250 e. The molecule has 3 rings (SSSR count). The van der Waals surface area contributed by atoms with Gasteiger partial charge in [-0.25, -0.2) is 4.39 Å². The van der Waals surface area contributed by atoms with Gasteiger partial charge < -0.3 is 8.98 Å². The van der Waals surface area contributed by atoms with Crippen molar-refractivity contribution >= 4 is 15.9 Å². The number of halogens is 2. The molecule has 0 bridgehead atoms. The zero-order valence-corrected chi connectivity index (χ0v) is 12.2. The van der Waals surface area contributed by atoms with Gasteiger partial charge >= 0.3 is 0 Å². The van der Waals surface area contributed by atoms with E-state index in [1.165, 1.54) is 23.1 Å². The number of hydrogen-bond donors (Lipinski definition) is 0. The van der Waals surface area contributed by atoms with Gasteiger partial charge in [-0.1, -0.05) is 22.0 Å². The Labute approximate surface area is 127 Å². The first kappa shape index (κ1) is 13.7. The minimum absolute atomic E-state index is 0.125. The van der Waals surface area contributed by atoms with Crippen LogP contribution in [0.2, 0.25) is 0 Å². The van der Waals surface area contributed by atoms with Gasteiger partial charge in [0.1, 0.15) is 5.82 Å². The van der Waals surface area contributed by atoms with Crippen molar-refractivity contribution in [2.45, 2.75) is 6.54 Å². The topological polar surface area (TPSA) is 60.9 Å². The van der Waals surface area contributed by atoms with E-state index in [1.807, 2.05) is 0 Å². The van der Waals surface area contributed by atoms with Crippen LogP contribution < -0.4 is 5.56 Å². The lowest BCUT2D eigenvalue weighted by atomic mass is 10.2. The molecule has 0 saturated carbocycles. The van der Waals surface area contributed by atoms with Crippen LogP contribution in [0.15, 0.2) is 56.6 Å². The number of pyridine rings is 1. The van der Waals surface area contributed by atoms with Crippen LogP contribution in [0.5, 0.6) is 0 Å². The molecule has 2 aromatic heterocycles. The Morgan fingerprint density at radius 2 is 2.14 bits per heavy atom. The highest BCUT2D eigenvalue weighted by atomic mass is 79.9. The molecule has 1 aromatic carbocycles. The molecule has 0 N–H and O–H groups in total. The predicted molar refractivity (Wildman–Crippen MR) is 77.2 cm³/mol. The van der Waals surface area contributed by atoms with Crippen molar-refractivity contribution in [1.29, 1.82) is 0 Å². The molecule has 0 aliphatic carbocycles. The Hall–Kier alpha value is -2.28. The molecule has 3 aromatic rings. The second-order valence-electron chi connectivity index (χ2n) is 4.36. The van der Waals surface area contributed by atoms with E-state index in [2.05, 4.69) is 26.1 Å². The van der Waals surface area contributed by atoms with Crippen LogP contribution in [-0.2, 0) is 6.54 Å². The van der Waals surface area contributed by atoms with Crippen LogP contribution in [0.1, 0.15) is 5.56 Å². The maximum Gasteiger partial charge on any atom is 0.250 e. The van der Waals surface area contributed by atoms with E-state index in [-0.39, 0.29) is 17.9 Å². The third-order valence-electron chi connectivity index (χ3n) is 2.95. The fourth-order valence-corrected chi connectivity index (χ4v) is 2.25. The molecule has 5 nitrogen and oxygen atoms in total. The lowest BCUT2D eigenvalue weighted by molar-refractivity contribution is 0.566. The molecule has 0 saturated heterocycles. The standard InChI is InChI=1S/C14H9BrFN3O2/c15-11-3-1-9(12(16)5-11)6-19-7-10(2-4-13(19)20)14-18-17-8-21-14/h1-5,7-8H,6H2. The molecule has 7 heteroatoms. The fraction of sp³-hybridized carbons (Fsp3) is 0.0714. The van der Waals surface area contributed by atoms with E-state index in [1.54, 1.807) is 24.4 Å². The molecule has 21 heavy (non-hydrogen) atoms. The van der Waals surface area contributed by atoms with Crippen LogP contribution in [0.3, 0.4) is 0 Å². The Morgan fingerprint density at radius 3 is 2.86 bits per heavy atom. The van der Waals surface area contributed by atoms with Crippen molar-refractivity contribution < 1.29 is 8.81 Å². The highest BCUT2D eigenvalue weighted by Crippen LogP contribution is 2.17. The van der Waals surface area contributed by atoms with Crippen molar-refractivity contribution in [3.63, 3.8) is 0 Å².